The summed E-state index contributed by atoms with van der Waals surface area (Å²) in [7, 11) is 3.95. The summed E-state index contributed by atoms with van der Waals surface area (Å²) in [5, 5.41) is 3.46. The average molecular weight is 216 g/mol. The SMILES string of the molecule is CCC(C)N(C)CCNCC(C)COC. The van der Waals surface area contributed by atoms with E-state index in [1.807, 2.05) is 0 Å². The zero-order valence-electron chi connectivity index (χ0n) is 11.0. The number of nitrogens with one attached hydrogen (secondary N) is 1. The molecule has 92 valence electrons. The molecular weight excluding hydrogens is 188 g/mol. The maximum Gasteiger partial charge on any atom is 0.0499 e. The van der Waals surface area contributed by atoms with Gasteiger partial charge in [-0.1, -0.05) is 13.8 Å². The molecule has 0 saturated carbocycles. The highest BCUT2D eigenvalue weighted by Crippen LogP contribution is 1.98. The van der Waals surface area contributed by atoms with Crippen molar-refractivity contribution in [2.75, 3.05) is 40.4 Å². The third-order valence-electron chi connectivity index (χ3n) is 2.93. The number of methoxy groups -OCH3 is 1. The minimum Gasteiger partial charge on any atom is -0.384 e. The van der Waals surface area contributed by atoms with Crippen LogP contribution in [0.25, 0.3) is 0 Å². The summed E-state index contributed by atoms with van der Waals surface area (Å²) < 4.78 is 5.09. The van der Waals surface area contributed by atoms with Crippen molar-refractivity contribution >= 4 is 0 Å². The van der Waals surface area contributed by atoms with Crippen LogP contribution in [-0.2, 0) is 4.74 Å². The predicted molar refractivity (Wildman–Crippen MR) is 66.3 cm³/mol. The summed E-state index contributed by atoms with van der Waals surface area (Å²) in [6, 6.07) is 0.684. The Balaban J connectivity index is 3.37. The molecule has 0 aliphatic carbocycles. The van der Waals surface area contributed by atoms with Crippen LogP contribution in [-0.4, -0.2) is 51.3 Å². The van der Waals surface area contributed by atoms with E-state index >= 15 is 0 Å². The summed E-state index contributed by atoms with van der Waals surface area (Å²) in [6.45, 7) is 10.8. The maximum absolute atomic E-state index is 5.09. The summed E-state index contributed by atoms with van der Waals surface area (Å²) >= 11 is 0. The molecule has 0 fully saturated rings. The Kier molecular flexibility index (Phi) is 9.06. The summed E-state index contributed by atoms with van der Waals surface area (Å²) in [6.07, 6.45) is 1.22. The van der Waals surface area contributed by atoms with Gasteiger partial charge in [-0.2, -0.15) is 0 Å². The van der Waals surface area contributed by atoms with Crippen molar-refractivity contribution in [2.24, 2.45) is 5.92 Å². The largest absolute Gasteiger partial charge is 0.384 e. The van der Waals surface area contributed by atoms with E-state index in [-0.39, 0.29) is 0 Å². The second-order valence-electron chi connectivity index (χ2n) is 4.50. The molecule has 0 rings (SSSR count). The average Bonchev–Trinajstić information content (AvgIpc) is 2.23. The van der Waals surface area contributed by atoms with Crippen LogP contribution in [0.3, 0.4) is 0 Å². The third kappa shape index (κ3) is 7.77. The van der Waals surface area contributed by atoms with Gasteiger partial charge in [0.1, 0.15) is 0 Å². The first kappa shape index (κ1) is 14.9. The van der Waals surface area contributed by atoms with Gasteiger partial charge in [-0.05, 0) is 32.9 Å². The van der Waals surface area contributed by atoms with Crippen molar-refractivity contribution in [3.8, 4) is 0 Å². The van der Waals surface area contributed by atoms with Crippen LogP contribution >= 0.6 is 0 Å². The fourth-order valence-electron chi connectivity index (χ4n) is 1.48. The van der Waals surface area contributed by atoms with Crippen LogP contribution < -0.4 is 5.32 Å². The molecule has 0 bridgehead atoms. The number of hydrogen-bond acceptors (Lipinski definition) is 3. The Morgan fingerprint density at radius 3 is 2.53 bits per heavy atom. The van der Waals surface area contributed by atoms with Gasteiger partial charge < -0.3 is 15.0 Å². The van der Waals surface area contributed by atoms with Gasteiger partial charge >= 0.3 is 0 Å². The van der Waals surface area contributed by atoms with E-state index in [0.29, 0.717) is 12.0 Å². The van der Waals surface area contributed by atoms with Crippen LogP contribution in [0.15, 0.2) is 0 Å². The van der Waals surface area contributed by atoms with Crippen LogP contribution in [0.4, 0.5) is 0 Å². The molecule has 0 amide bonds. The highest BCUT2D eigenvalue weighted by Gasteiger charge is 2.06. The number of nitrogens with zero attached hydrogens (tertiary/aromatic N) is 1. The number of hydrogen-bond donors (Lipinski definition) is 1. The van der Waals surface area contributed by atoms with E-state index in [1.54, 1.807) is 7.11 Å². The van der Waals surface area contributed by atoms with Gasteiger partial charge in [-0.25, -0.2) is 0 Å². The molecule has 0 aromatic rings. The molecule has 2 atom stereocenters. The first-order chi connectivity index (χ1) is 7.11. The van der Waals surface area contributed by atoms with Gasteiger partial charge in [0.05, 0.1) is 0 Å². The molecule has 3 heteroatoms. The molecule has 0 spiro atoms. The number of ether oxygens (including phenoxy) is 1. The van der Waals surface area contributed by atoms with E-state index in [4.69, 9.17) is 4.74 Å². The van der Waals surface area contributed by atoms with E-state index in [1.165, 1.54) is 6.42 Å². The monoisotopic (exact) mass is 216 g/mol. The fourth-order valence-corrected chi connectivity index (χ4v) is 1.48. The molecule has 0 aliphatic rings. The first-order valence-electron chi connectivity index (χ1n) is 6.01. The van der Waals surface area contributed by atoms with Crippen LogP contribution in [0.5, 0.6) is 0 Å². The van der Waals surface area contributed by atoms with Gasteiger partial charge in [0.25, 0.3) is 0 Å². The van der Waals surface area contributed by atoms with E-state index in [0.717, 1.165) is 26.2 Å². The second kappa shape index (κ2) is 9.13. The number of rotatable bonds is 9. The lowest BCUT2D eigenvalue weighted by Crippen LogP contribution is -2.36. The van der Waals surface area contributed by atoms with Crippen LogP contribution in [0.2, 0.25) is 0 Å². The standard InChI is InChI=1S/C12H28N2O/c1-6-12(3)14(4)8-7-13-9-11(2)10-15-5/h11-13H,6-10H2,1-5H3. The summed E-state index contributed by atoms with van der Waals surface area (Å²) in [4.78, 5) is 2.40. The fraction of sp³-hybridized carbons (Fsp3) is 1.00. The molecule has 0 heterocycles. The summed E-state index contributed by atoms with van der Waals surface area (Å²) in [5.41, 5.74) is 0. The van der Waals surface area contributed by atoms with E-state index < -0.39 is 0 Å². The molecule has 0 aliphatic heterocycles. The Morgan fingerprint density at radius 1 is 1.33 bits per heavy atom. The quantitative estimate of drug-likeness (QED) is 0.592. The topological polar surface area (TPSA) is 24.5 Å². The van der Waals surface area contributed by atoms with Crippen molar-refractivity contribution < 1.29 is 4.74 Å². The lowest BCUT2D eigenvalue weighted by atomic mass is 10.2. The number of likely N-dealkylation sites (N-methyl/N-ethyl adjacent to an activating group) is 1. The molecular formula is C12H28N2O. The zero-order valence-corrected chi connectivity index (χ0v) is 11.0. The molecule has 0 radical (unpaired) electrons. The minimum atomic E-state index is 0.601. The van der Waals surface area contributed by atoms with Gasteiger partial charge in [0.2, 0.25) is 0 Å². The Labute approximate surface area is 95.2 Å². The van der Waals surface area contributed by atoms with Crippen LogP contribution in [0, 0.1) is 5.92 Å². The second-order valence-corrected chi connectivity index (χ2v) is 4.50. The van der Waals surface area contributed by atoms with Gasteiger partial charge in [-0.3, -0.25) is 0 Å². The van der Waals surface area contributed by atoms with Gasteiger partial charge in [-0.15, -0.1) is 0 Å². The Morgan fingerprint density at radius 2 is 2.00 bits per heavy atom. The molecule has 15 heavy (non-hydrogen) atoms. The molecule has 3 nitrogen and oxygen atoms in total. The van der Waals surface area contributed by atoms with Crippen molar-refractivity contribution in [3.05, 3.63) is 0 Å². The molecule has 0 aromatic heterocycles. The summed E-state index contributed by atoms with van der Waals surface area (Å²) in [5.74, 6) is 0.601. The highest BCUT2D eigenvalue weighted by molar-refractivity contribution is 4.63. The van der Waals surface area contributed by atoms with Crippen molar-refractivity contribution in [1.29, 1.82) is 0 Å². The smallest absolute Gasteiger partial charge is 0.0499 e. The normalized spacial score (nSPS) is 15.6. The minimum absolute atomic E-state index is 0.601. The van der Waals surface area contributed by atoms with E-state index in [2.05, 4.69) is 38.0 Å². The lowest BCUT2D eigenvalue weighted by molar-refractivity contribution is 0.157. The molecule has 2 unspecified atom stereocenters. The highest BCUT2D eigenvalue weighted by atomic mass is 16.5. The van der Waals surface area contributed by atoms with Gasteiger partial charge in [0.15, 0.2) is 0 Å². The molecule has 1 N–H and O–H groups in total. The Hall–Kier alpha value is -0.120. The van der Waals surface area contributed by atoms with E-state index in [9.17, 15) is 0 Å². The lowest BCUT2D eigenvalue weighted by Gasteiger charge is -2.23. The van der Waals surface area contributed by atoms with Crippen molar-refractivity contribution in [2.45, 2.75) is 33.2 Å². The third-order valence-corrected chi connectivity index (χ3v) is 2.93. The first-order valence-corrected chi connectivity index (χ1v) is 6.01. The van der Waals surface area contributed by atoms with Crippen molar-refractivity contribution in [1.82, 2.24) is 10.2 Å². The molecule has 0 saturated heterocycles. The zero-order chi connectivity index (χ0) is 11.7. The Bertz CT molecular complexity index is 142. The maximum atomic E-state index is 5.09. The predicted octanol–water partition coefficient (Wildman–Crippen LogP) is 1.59. The molecule has 0 aromatic carbocycles. The van der Waals surface area contributed by atoms with Crippen molar-refractivity contribution in [3.63, 3.8) is 0 Å². The van der Waals surface area contributed by atoms with Crippen LogP contribution in [0.1, 0.15) is 27.2 Å². The van der Waals surface area contributed by atoms with Gasteiger partial charge in [0, 0.05) is 32.8 Å².